The van der Waals surface area contributed by atoms with Crippen molar-refractivity contribution in [3.05, 3.63) is 101 Å². The van der Waals surface area contributed by atoms with Gasteiger partial charge in [-0.05, 0) is 56.0 Å². The molecular weight excluding hydrogens is 356 g/mol. The molecule has 0 unspecified atom stereocenters. The number of pyridine rings is 2. The molecule has 146 valence electrons. The number of nitrogens with zero attached hydrogens (tertiary/aromatic N) is 4. The van der Waals surface area contributed by atoms with Crippen molar-refractivity contribution < 1.29 is 0 Å². The number of hydrogen-bond donors (Lipinski definition) is 0. The van der Waals surface area contributed by atoms with Crippen LogP contribution in [0.5, 0.6) is 0 Å². The van der Waals surface area contributed by atoms with Gasteiger partial charge >= 0.3 is 0 Å². The third-order valence-electron chi connectivity index (χ3n) is 5.25. The first-order valence-corrected chi connectivity index (χ1v) is 9.93. The van der Waals surface area contributed by atoms with E-state index in [9.17, 15) is 0 Å². The lowest BCUT2D eigenvalue weighted by Crippen LogP contribution is -2.06. The molecule has 0 fully saturated rings. The van der Waals surface area contributed by atoms with Crippen LogP contribution < -0.4 is 0 Å². The van der Waals surface area contributed by atoms with E-state index < -0.39 is 0 Å². The monoisotopic (exact) mass is 382 g/mol. The van der Waals surface area contributed by atoms with Crippen molar-refractivity contribution in [3.8, 4) is 11.3 Å². The molecule has 0 aliphatic rings. The van der Waals surface area contributed by atoms with Crippen molar-refractivity contribution in [1.82, 2.24) is 19.5 Å². The maximum absolute atomic E-state index is 4.74. The highest BCUT2D eigenvalue weighted by Crippen LogP contribution is 2.23. The van der Waals surface area contributed by atoms with Gasteiger partial charge < -0.3 is 4.57 Å². The first-order valence-electron chi connectivity index (χ1n) is 9.93. The Kier molecular flexibility index (Phi) is 5.26. The number of aromatic nitrogens is 4. The zero-order valence-electron chi connectivity index (χ0n) is 17.5. The van der Waals surface area contributed by atoms with Crippen molar-refractivity contribution in [2.24, 2.45) is 0 Å². The number of benzene rings is 1. The van der Waals surface area contributed by atoms with Crippen LogP contribution in [0, 0.1) is 27.7 Å². The van der Waals surface area contributed by atoms with Gasteiger partial charge in [-0.3, -0.25) is 9.97 Å². The second kappa shape index (κ2) is 8.00. The Labute approximate surface area is 172 Å². The van der Waals surface area contributed by atoms with E-state index in [0.717, 1.165) is 41.0 Å². The normalized spacial score (nSPS) is 11.0. The highest BCUT2D eigenvalue weighted by Gasteiger charge is 2.11. The zero-order chi connectivity index (χ0) is 20.4. The van der Waals surface area contributed by atoms with E-state index in [1.165, 1.54) is 22.4 Å². The predicted molar refractivity (Wildman–Crippen MR) is 117 cm³/mol. The van der Waals surface area contributed by atoms with Gasteiger partial charge in [-0.1, -0.05) is 35.9 Å². The number of rotatable bonds is 5. The largest absolute Gasteiger partial charge is 0.330 e. The van der Waals surface area contributed by atoms with E-state index in [2.05, 4.69) is 78.6 Å². The van der Waals surface area contributed by atoms with Crippen LogP contribution in [0.1, 0.15) is 39.2 Å². The summed E-state index contributed by atoms with van der Waals surface area (Å²) in [5.74, 6) is 0. The van der Waals surface area contributed by atoms with Gasteiger partial charge in [-0.2, -0.15) is 0 Å². The van der Waals surface area contributed by atoms with E-state index in [0.29, 0.717) is 0 Å². The summed E-state index contributed by atoms with van der Waals surface area (Å²) >= 11 is 0. The number of imidazole rings is 1. The number of aryl methyl sites for hydroxylation is 4. The number of hydrogen-bond acceptors (Lipinski definition) is 3. The molecule has 3 aromatic heterocycles. The molecular formula is C25H26N4. The minimum absolute atomic E-state index is 0.766. The first kappa shape index (κ1) is 19.1. The molecule has 0 N–H and O–H groups in total. The highest BCUT2D eigenvalue weighted by atomic mass is 15.1. The Morgan fingerprint density at radius 1 is 0.828 bits per heavy atom. The summed E-state index contributed by atoms with van der Waals surface area (Å²) in [6.07, 6.45) is 8.53. The average Bonchev–Trinajstić information content (AvgIpc) is 3.01. The van der Waals surface area contributed by atoms with E-state index in [1.807, 2.05) is 24.9 Å². The van der Waals surface area contributed by atoms with Gasteiger partial charge in [0.2, 0.25) is 0 Å². The Hall–Kier alpha value is -3.27. The van der Waals surface area contributed by atoms with Crippen molar-refractivity contribution in [2.45, 2.75) is 40.7 Å². The molecule has 4 nitrogen and oxygen atoms in total. The minimum atomic E-state index is 0.766. The molecule has 29 heavy (non-hydrogen) atoms. The summed E-state index contributed by atoms with van der Waals surface area (Å²) in [5, 5.41) is 0. The Bertz CT molecular complexity index is 1160. The fraction of sp³-hybridized carbons (Fsp3) is 0.240. The highest BCUT2D eigenvalue weighted by molar-refractivity contribution is 5.62. The molecule has 0 radical (unpaired) electrons. The van der Waals surface area contributed by atoms with E-state index >= 15 is 0 Å². The van der Waals surface area contributed by atoms with Crippen LogP contribution in [0.25, 0.3) is 11.3 Å². The average molecular weight is 383 g/mol. The van der Waals surface area contributed by atoms with Crippen LogP contribution >= 0.6 is 0 Å². The fourth-order valence-electron chi connectivity index (χ4n) is 3.79. The third-order valence-corrected chi connectivity index (χ3v) is 5.25. The van der Waals surface area contributed by atoms with Gasteiger partial charge in [0.15, 0.2) is 0 Å². The Morgan fingerprint density at radius 3 is 2.45 bits per heavy atom. The zero-order valence-corrected chi connectivity index (χ0v) is 17.5. The van der Waals surface area contributed by atoms with Crippen LogP contribution in [0.3, 0.4) is 0 Å². The summed E-state index contributed by atoms with van der Waals surface area (Å²) in [7, 11) is 0. The lowest BCUT2D eigenvalue weighted by Gasteiger charge is -2.12. The second-order valence-electron chi connectivity index (χ2n) is 7.83. The smallest absolute Gasteiger partial charge is 0.0954 e. The molecule has 0 aliphatic heterocycles. The lowest BCUT2D eigenvalue weighted by molar-refractivity contribution is 0.748. The quantitative estimate of drug-likeness (QED) is 0.476. The van der Waals surface area contributed by atoms with E-state index in [1.54, 1.807) is 0 Å². The predicted octanol–water partition coefficient (Wildman–Crippen LogP) is 5.21. The molecule has 4 aromatic rings. The van der Waals surface area contributed by atoms with Crippen LogP contribution in [0.4, 0.5) is 0 Å². The van der Waals surface area contributed by atoms with Gasteiger partial charge in [-0.25, -0.2) is 4.98 Å². The molecule has 0 aliphatic carbocycles. The van der Waals surface area contributed by atoms with Gasteiger partial charge in [0, 0.05) is 36.3 Å². The lowest BCUT2D eigenvalue weighted by atomic mass is 10.0. The van der Waals surface area contributed by atoms with Gasteiger partial charge in [0.05, 0.1) is 24.3 Å². The molecule has 1 aromatic carbocycles. The van der Waals surface area contributed by atoms with Gasteiger partial charge in [-0.15, -0.1) is 0 Å². The molecule has 4 rings (SSSR count). The van der Waals surface area contributed by atoms with Crippen LogP contribution in [-0.4, -0.2) is 19.5 Å². The summed E-state index contributed by atoms with van der Waals surface area (Å²) in [6, 6.07) is 13.0. The second-order valence-corrected chi connectivity index (χ2v) is 7.83. The van der Waals surface area contributed by atoms with Crippen molar-refractivity contribution in [2.75, 3.05) is 0 Å². The van der Waals surface area contributed by atoms with E-state index in [4.69, 9.17) is 4.98 Å². The summed E-state index contributed by atoms with van der Waals surface area (Å²) in [5.41, 5.74) is 10.5. The van der Waals surface area contributed by atoms with Crippen molar-refractivity contribution >= 4 is 0 Å². The molecule has 0 amide bonds. The molecule has 3 heterocycles. The van der Waals surface area contributed by atoms with Crippen molar-refractivity contribution in [3.63, 3.8) is 0 Å². The van der Waals surface area contributed by atoms with Crippen LogP contribution in [-0.2, 0) is 13.0 Å². The summed E-state index contributed by atoms with van der Waals surface area (Å²) < 4.78 is 2.24. The maximum Gasteiger partial charge on any atom is 0.0954 e. The Morgan fingerprint density at radius 2 is 1.69 bits per heavy atom. The summed E-state index contributed by atoms with van der Waals surface area (Å²) in [6.45, 7) is 9.15. The molecule has 0 bridgehead atoms. The fourth-order valence-corrected chi connectivity index (χ4v) is 3.79. The molecule has 4 heteroatoms. The molecule has 0 saturated carbocycles. The van der Waals surface area contributed by atoms with Gasteiger partial charge in [0.25, 0.3) is 0 Å². The molecule has 0 saturated heterocycles. The Balaban J connectivity index is 1.59. The van der Waals surface area contributed by atoms with Crippen LogP contribution in [0.2, 0.25) is 0 Å². The SMILES string of the molecule is Cc1cccc(Cc2c(C)ncn2Cc2cnc(-c3cncc(C)c3)c(C)c2)c1. The van der Waals surface area contributed by atoms with Gasteiger partial charge in [0.1, 0.15) is 0 Å². The first-order chi connectivity index (χ1) is 14.0. The topological polar surface area (TPSA) is 43.6 Å². The van der Waals surface area contributed by atoms with Crippen LogP contribution in [0.15, 0.2) is 61.3 Å². The molecule has 0 spiro atoms. The van der Waals surface area contributed by atoms with Crippen molar-refractivity contribution in [1.29, 1.82) is 0 Å². The maximum atomic E-state index is 4.74. The third kappa shape index (κ3) is 4.27. The van der Waals surface area contributed by atoms with E-state index in [-0.39, 0.29) is 0 Å². The molecule has 0 atom stereocenters. The standard InChI is InChI=1S/C25H26N4/c1-17-6-5-7-21(8-17)11-24-20(4)28-16-29(24)15-22-10-19(3)25(27-13-22)23-9-18(2)12-26-14-23/h5-10,12-14,16H,11,15H2,1-4H3. The summed E-state index contributed by atoms with van der Waals surface area (Å²) in [4.78, 5) is 13.6. The minimum Gasteiger partial charge on any atom is -0.330 e.